The van der Waals surface area contributed by atoms with E-state index in [1.54, 1.807) is 24.7 Å². The van der Waals surface area contributed by atoms with E-state index in [0.717, 1.165) is 51.4 Å². The number of piperazine rings is 1. The Morgan fingerprint density at radius 2 is 1.92 bits per heavy atom. The van der Waals surface area contributed by atoms with Crippen LogP contribution in [0.5, 0.6) is 0 Å². The summed E-state index contributed by atoms with van der Waals surface area (Å²) in [5.41, 5.74) is 2.55. The predicted molar refractivity (Wildman–Crippen MR) is 91.2 cm³/mol. The molecule has 126 valence electrons. The van der Waals surface area contributed by atoms with Crippen LogP contribution in [0.25, 0.3) is 0 Å². The molecule has 1 saturated heterocycles. The van der Waals surface area contributed by atoms with Crippen LogP contribution in [0, 0.1) is 0 Å². The van der Waals surface area contributed by atoms with Gasteiger partial charge in [-0.05, 0) is 25.3 Å². The summed E-state index contributed by atoms with van der Waals surface area (Å²) in [5, 5.41) is 4.11. The number of aromatic nitrogens is 4. The number of fused-ring (bicyclic) bond motifs is 1. The predicted octanol–water partition coefficient (Wildman–Crippen LogP) is 0.344. The maximum Gasteiger partial charge on any atom is 0.266 e. The monoisotopic (exact) mass is 326 g/mol. The van der Waals surface area contributed by atoms with E-state index in [9.17, 15) is 4.79 Å². The van der Waals surface area contributed by atoms with Gasteiger partial charge >= 0.3 is 0 Å². The maximum absolute atomic E-state index is 11.7. The first-order valence-electron chi connectivity index (χ1n) is 8.63. The van der Waals surface area contributed by atoms with Crippen molar-refractivity contribution < 1.29 is 0 Å². The largest absolute Gasteiger partial charge is 0.354 e. The van der Waals surface area contributed by atoms with Gasteiger partial charge in [0.2, 0.25) is 0 Å². The molecule has 2 aromatic heterocycles. The third-order valence-corrected chi connectivity index (χ3v) is 4.94. The standard InChI is InChI=1S/C17H22N6O/c24-16-5-2-6-20-23(16)12-9-21-7-10-22(11-8-21)17-14-3-1-4-15(14)18-13-19-17/h2,5-6,13H,1,3-4,7-12H2. The van der Waals surface area contributed by atoms with Gasteiger partial charge in [-0.1, -0.05) is 0 Å². The highest BCUT2D eigenvalue weighted by Gasteiger charge is 2.24. The smallest absolute Gasteiger partial charge is 0.266 e. The van der Waals surface area contributed by atoms with E-state index in [1.807, 2.05) is 0 Å². The Hall–Kier alpha value is -2.28. The number of anilines is 1. The van der Waals surface area contributed by atoms with Crippen molar-refractivity contribution in [2.75, 3.05) is 37.6 Å². The Morgan fingerprint density at radius 3 is 2.75 bits per heavy atom. The second kappa shape index (κ2) is 6.68. The molecule has 0 radical (unpaired) electrons. The molecule has 1 aliphatic heterocycles. The van der Waals surface area contributed by atoms with Crippen molar-refractivity contribution >= 4 is 5.82 Å². The molecular formula is C17H22N6O. The van der Waals surface area contributed by atoms with Crippen molar-refractivity contribution in [3.8, 4) is 0 Å². The lowest BCUT2D eigenvalue weighted by molar-refractivity contribution is 0.242. The van der Waals surface area contributed by atoms with Gasteiger partial charge in [0.1, 0.15) is 12.1 Å². The molecule has 0 amide bonds. The lowest BCUT2D eigenvalue weighted by atomic mass is 10.2. The summed E-state index contributed by atoms with van der Waals surface area (Å²) in [6.45, 7) is 5.41. The Labute approximate surface area is 140 Å². The van der Waals surface area contributed by atoms with Crippen LogP contribution in [0.4, 0.5) is 5.82 Å². The minimum absolute atomic E-state index is 0.0346. The van der Waals surface area contributed by atoms with Crippen molar-refractivity contribution in [1.29, 1.82) is 0 Å². The normalized spacial score (nSPS) is 17.9. The van der Waals surface area contributed by atoms with Gasteiger partial charge in [0, 0.05) is 56.2 Å². The fraction of sp³-hybridized carbons (Fsp3) is 0.529. The van der Waals surface area contributed by atoms with Crippen molar-refractivity contribution in [2.24, 2.45) is 0 Å². The lowest BCUT2D eigenvalue weighted by Crippen LogP contribution is -2.48. The van der Waals surface area contributed by atoms with Crippen molar-refractivity contribution in [3.05, 3.63) is 46.3 Å². The third-order valence-electron chi connectivity index (χ3n) is 4.94. The van der Waals surface area contributed by atoms with Gasteiger partial charge in [-0.2, -0.15) is 5.10 Å². The van der Waals surface area contributed by atoms with Crippen molar-refractivity contribution in [1.82, 2.24) is 24.6 Å². The molecule has 24 heavy (non-hydrogen) atoms. The van der Waals surface area contributed by atoms with E-state index in [4.69, 9.17) is 0 Å². The molecule has 3 heterocycles. The van der Waals surface area contributed by atoms with Gasteiger partial charge in [-0.25, -0.2) is 14.6 Å². The van der Waals surface area contributed by atoms with Crippen molar-refractivity contribution in [3.63, 3.8) is 0 Å². The molecule has 0 atom stereocenters. The average Bonchev–Trinajstić information content (AvgIpc) is 3.10. The molecule has 4 rings (SSSR count). The zero-order valence-corrected chi connectivity index (χ0v) is 13.8. The first-order chi connectivity index (χ1) is 11.8. The van der Waals surface area contributed by atoms with E-state index >= 15 is 0 Å². The number of nitrogens with zero attached hydrogens (tertiary/aromatic N) is 6. The van der Waals surface area contributed by atoms with Crippen LogP contribution < -0.4 is 10.5 Å². The summed E-state index contributed by atoms with van der Waals surface area (Å²) in [7, 11) is 0. The second-order valence-corrected chi connectivity index (χ2v) is 6.39. The number of rotatable bonds is 4. The lowest BCUT2D eigenvalue weighted by Gasteiger charge is -2.36. The van der Waals surface area contributed by atoms with Gasteiger partial charge < -0.3 is 4.90 Å². The van der Waals surface area contributed by atoms with Crippen LogP contribution in [0.1, 0.15) is 17.7 Å². The molecule has 7 heteroatoms. The maximum atomic E-state index is 11.7. The van der Waals surface area contributed by atoms with Crippen LogP contribution in [0.15, 0.2) is 29.5 Å². The molecule has 0 unspecified atom stereocenters. The molecular weight excluding hydrogens is 304 g/mol. The molecule has 0 N–H and O–H groups in total. The fourth-order valence-corrected chi connectivity index (χ4v) is 3.59. The number of hydrogen-bond donors (Lipinski definition) is 0. The summed E-state index contributed by atoms with van der Waals surface area (Å²) in [4.78, 5) is 25.4. The molecule has 7 nitrogen and oxygen atoms in total. The van der Waals surface area contributed by atoms with Crippen LogP contribution in [0.2, 0.25) is 0 Å². The number of hydrogen-bond acceptors (Lipinski definition) is 6. The summed E-state index contributed by atoms with van der Waals surface area (Å²) in [6, 6.07) is 3.23. The first-order valence-corrected chi connectivity index (χ1v) is 8.63. The van der Waals surface area contributed by atoms with E-state index in [-0.39, 0.29) is 5.56 Å². The summed E-state index contributed by atoms with van der Waals surface area (Å²) in [6.07, 6.45) is 6.76. The highest BCUT2D eigenvalue weighted by molar-refractivity contribution is 5.50. The summed E-state index contributed by atoms with van der Waals surface area (Å²) >= 11 is 0. The molecule has 2 aromatic rings. The van der Waals surface area contributed by atoms with Gasteiger partial charge in [-0.15, -0.1) is 0 Å². The van der Waals surface area contributed by atoms with Crippen molar-refractivity contribution in [2.45, 2.75) is 25.8 Å². The molecule has 2 aliphatic rings. The summed E-state index contributed by atoms with van der Waals surface area (Å²) in [5.74, 6) is 1.14. The van der Waals surface area contributed by atoms with Gasteiger partial charge in [0.05, 0.1) is 6.54 Å². The minimum atomic E-state index is -0.0346. The van der Waals surface area contributed by atoms with Gasteiger partial charge in [-0.3, -0.25) is 9.69 Å². The molecule has 0 bridgehead atoms. The van der Waals surface area contributed by atoms with Gasteiger partial charge in [0.25, 0.3) is 5.56 Å². The van der Waals surface area contributed by atoms with Crippen LogP contribution in [-0.4, -0.2) is 57.4 Å². The summed E-state index contributed by atoms with van der Waals surface area (Å²) < 4.78 is 1.53. The SMILES string of the molecule is O=c1cccnn1CCN1CCN(c2ncnc3c2CCC3)CC1. The highest BCUT2D eigenvalue weighted by atomic mass is 16.1. The van der Waals surface area contributed by atoms with E-state index in [1.165, 1.54) is 22.4 Å². The Bertz CT molecular complexity index is 766. The molecule has 0 aromatic carbocycles. The topological polar surface area (TPSA) is 67.2 Å². The average molecular weight is 326 g/mol. The van der Waals surface area contributed by atoms with Crippen LogP contribution in [-0.2, 0) is 19.4 Å². The second-order valence-electron chi connectivity index (χ2n) is 6.39. The quantitative estimate of drug-likeness (QED) is 0.807. The van der Waals surface area contributed by atoms with E-state index in [2.05, 4.69) is 24.9 Å². The third kappa shape index (κ3) is 3.03. The molecule has 1 aliphatic carbocycles. The first kappa shape index (κ1) is 15.3. The Balaban J connectivity index is 1.35. The molecule has 0 saturated carbocycles. The van der Waals surface area contributed by atoms with E-state index < -0.39 is 0 Å². The Morgan fingerprint density at radius 1 is 1.04 bits per heavy atom. The Kier molecular flexibility index (Phi) is 4.25. The minimum Gasteiger partial charge on any atom is -0.354 e. The van der Waals surface area contributed by atoms with Gasteiger partial charge in [0.15, 0.2) is 0 Å². The zero-order valence-electron chi connectivity index (χ0n) is 13.8. The zero-order chi connectivity index (χ0) is 16.4. The number of aryl methyl sites for hydroxylation is 1. The molecule has 1 fully saturated rings. The van der Waals surface area contributed by atoms with Crippen LogP contribution >= 0.6 is 0 Å². The highest BCUT2D eigenvalue weighted by Crippen LogP contribution is 2.28. The molecule has 0 spiro atoms. The van der Waals surface area contributed by atoms with Crippen LogP contribution in [0.3, 0.4) is 0 Å². The van der Waals surface area contributed by atoms with E-state index in [0.29, 0.717) is 6.54 Å². The fourth-order valence-electron chi connectivity index (χ4n) is 3.59.